The first-order valence-corrected chi connectivity index (χ1v) is 6.92. The summed E-state index contributed by atoms with van der Waals surface area (Å²) in [6, 6.07) is 9.63. The van der Waals surface area contributed by atoms with Crippen molar-refractivity contribution in [2.24, 2.45) is 17.3 Å². The van der Waals surface area contributed by atoms with E-state index in [0.717, 1.165) is 5.56 Å². The van der Waals surface area contributed by atoms with Crippen molar-refractivity contribution in [2.45, 2.75) is 20.5 Å². The van der Waals surface area contributed by atoms with Crippen LogP contribution in [0.1, 0.15) is 19.4 Å². The van der Waals surface area contributed by atoms with Crippen molar-refractivity contribution < 1.29 is 9.53 Å². The maximum Gasteiger partial charge on any atom is 0.310 e. The zero-order valence-corrected chi connectivity index (χ0v) is 12.4. The Bertz CT molecular complexity index is 490. The van der Waals surface area contributed by atoms with Crippen LogP contribution < -0.4 is 0 Å². The van der Waals surface area contributed by atoms with E-state index in [4.69, 9.17) is 27.9 Å². The number of ether oxygens (including phenoxy) is 1. The van der Waals surface area contributed by atoms with Crippen LogP contribution in [0.25, 0.3) is 0 Å². The van der Waals surface area contributed by atoms with Gasteiger partial charge >= 0.3 is 5.97 Å². The number of hydrogen-bond acceptors (Lipinski definition) is 2. The molecule has 0 unspecified atom stereocenters. The summed E-state index contributed by atoms with van der Waals surface area (Å²) in [7, 11) is 0. The third kappa shape index (κ3) is 3.31. The van der Waals surface area contributed by atoms with E-state index in [0.29, 0.717) is 6.61 Å². The summed E-state index contributed by atoms with van der Waals surface area (Å²) in [5, 5.41) is 0. The van der Waals surface area contributed by atoms with Crippen molar-refractivity contribution in [1.82, 2.24) is 0 Å². The molecule has 0 aromatic heterocycles. The summed E-state index contributed by atoms with van der Waals surface area (Å²) < 4.78 is 5.55. The quantitative estimate of drug-likeness (QED) is 0.774. The maximum absolute atomic E-state index is 12.0. The SMILES string of the molecule is CC1(C)[C@@H](C=C(Cl)Cl)[C@@H]1C(=O)OCc1ccccc1. The Morgan fingerprint density at radius 3 is 2.53 bits per heavy atom. The van der Waals surface area contributed by atoms with Crippen molar-refractivity contribution in [2.75, 3.05) is 0 Å². The van der Waals surface area contributed by atoms with Crippen LogP contribution in [-0.2, 0) is 16.1 Å². The predicted molar refractivity (Wildman–Crippen MR) is 76.8 cm³/mol. The van der Waals surface area contributed by atoms with E-state index in [1.54, 1.807) is 6.08 Å². The highest BCUT2D eigenvalue weighted by Crippen LogP contribution is 2.60. The van der Waals surface area contributed by atoms with Gasteiger partial charge in [0.25, 0.3) is 0 Å². The third-order valence-electron chi connectivity index (χ3n) is 3.69. The topological polar surface area (TPSA) is 26.3 Å². The Hall–Kier alpha value is -0.990. The van der Waals surface area contributed by atoms with E-state index in [9.17, 15) is 4.79 Å². The average Bonchev–Trinajstić information content (AvgIpc) is 2.88. The molecule has 0 radical (unpaired) electrons. The molecule has 2 rings (SSSR count). The molecule has 4 heteroatoms. The minimum Gasteiger partial charge on any atom is -0.461 e. The number of carbonyl (C=O) groups excluding carboxylic acids is 1. The van der Waals surface area contributed by atoms with Gasteiger partial charge in [-0.15, -0.1) is 0 Å². The van der Waals surface area contributed by atoms with E-state index in [1.165, 1.54) is 0 Å². The van der Waals surface area contributed by atoms with E-state index in [-0.39, 0.29) is 27.7 Å². The zero-order chi connectivity index (χ0) is 14.0. The molecule has 19 heavy (non-hydrogen) atoms. The molecular formula is C15H16Cl2O2. The first-order valence-electron chi connectivity index (χ1n) is 6.16. The fraction of sp³-hybridized carbons (Fsp3) is 0.400. The van der Waals surface area contributed by atoms with Gasteiger partial charge in [0.1, 0.15) is 11.1 Å². The Morgan fingerprint density at radius 1 is 1.32 bits per heavy atom. The lowest BCUT2D eigenvalue weighted by atomic mass is 10.1. The number of benzene rings is 1. The van der Waals surface area contributed by atoms with Gasteiger partial charge in [-0.1, -0.05) is 67.4 Å². The maximum atomic E-state index is 12.0. The van der Waals surface area contributed by atoms with Crippen LogP contribution in [0.2, 0.25) is 0 Å². The largest absolute Gasteiger partial charge is 0.461 e. The number of rotatable bonds is 4. The van der Waals surface area contributed by atoms with E-state index in [1.807, 2.05) is 44.2 Å². The van der Waals surface area contributed by atoms with Crippen molar-refractivity contribution in [1.29, 1.82) is 0 Å². The molecule has 0 heterocycles. The summed E-state index contributed by atoms with van der Waals surface area (Å²) in [6.07, 6.45) is 1.72. The van der Waals surface area contributed by atoms with Crippen LogP contribution in [0.15, 0.2) is 40.9 Å². The van der Waals surface area contributed by atoms with E-state index < -0.39 is 0 Å². The predicted octanol–water partition coefficient (Wildman–Crippen LogP) is 4.32. The highest BCUT2D eigenvalue weighted by molar-refractivity contribution is 6.55. The fourth-order valence-corrected chi connectivity index (χ4v) is 2.66. The minimum atomic E-state index is -0.190. The highest BCUT2D eigenvalue weighted by Gasteiger charge is 2.61. The van der Waals surface area contributed by atoms with E-state index >= 15 is 0 Å². The number of hydrogen-bond donors (Lipinski definition) is 0. The number of allylic oxidation sites excluding steroid dienone is 1. The molecule has 102 valence electrons. The van der Waals surface area contributed by atoms with Gasteiger partial charge in [0.15, 0.2) is 0 Å². The number of halogens is 2. The Labute approximate surface area is 123 Å². The van der Waals surface area contributed by atoms with E-state index in [2.05, 4.69) is 0 Å². The van der Waals surface area contributed by atoms with Gasteiger partial charge in [-0.25, -0.2) is 0 Å². The second-order valence-corrected chi connectivity index (χ2v) is 6.38. The molecule has 0 saturated heterocycles. The van der Waals surface area contributed by atoms with Crippen molar-refractivity contribution in [3.63, 3.8) is 0 Å². The Balaban J connectivity index is 1.93. The molecular weight excluding hydrogens is 283 g/mol. The normalized spacial score (nSPS) is 23.6. The molecule has 0 aliphatic heterocycles. The van der Waals surface area contributed by atoms with Gasteiger partial charge in [-0.3, -0.25) is 4.79 Å². The molecule has 2 atom stereocenters. The van der Waals surface area contributed by atoms with Gasteiger partial charge in [0.05, 0.1) is 5.92 Å². The summed E-state index contributed by atoms with van der Waals surface area (Å²) in [4.78, 5) is 12.0. The number of carbonyl (C=O) groups is 1. The second kappa shape index (κ2) is 5.56. The smallest absolute Gasteiger partial charge is 0.310 e. The van der Waals surface area contributed by atoms with Crippen LogP contribution in [0.4, 0.5) is 0 Å². The first kappa shape index (κ1) is 14.4. The Kier molecular flexibility index (Phi) is 4.22. The zero-order valence-electron chi connectivity index (χ0n) is 10.9. The molecule has 1 aromatic carbocycles. The van der Waals surface area contributed by atoms with Gasteiger partial charge in [0, 0.05) is 0 Å². The molecule has 1 saturated carbocycles. The van der Waals surface area contributed by atoms with Crippen LogP contribution in [0, 0.1) is 17.3 Å². The molecule has 1 aliphatic carbocycles. The van der Waals surface area contributed by atoms with Crippen LogP contribution >= 0.6 is 23.2 Å². The molecule has 1 aromatic rings. The summed E-state index contributed by atoms with van der Waals surface area (Å²) >= 11 is 11.3. The minimum absolute atomic E-state index is 0.0563. The number of esters is 1. The standard InChI is InChI=1S/C15H16Cl2O2/c1-15(2)11(8-12(16)17)13(15)14(18)19-9-10-6-4-3-5-7-10/h3-8,11,13H,9H2,1-2H3/t11-,13+/m0/s1. The molecule has 2 nitrogen and oxygen atoms in total. The molecule has 0 N–H and O–H groups in total. The lowest BCUT2D eigenvalue weighted by molar-refractivity contribution is -0.147. The molecule has 0 spiro atoms. The summed E-state index contributed by atoms with van der Waals surface area (Å²) in [6.45, 7) is 4.33. The Morgan fingerprint density at radius 2 is 1.95 bits per heavy atom. The van der Waals surface area contributed by atoms with Crippen LogP contribution in [-0.4, -0.2) is 5.97 Å². The van der Waals surface area contributed by atoms with Crippen LogP contribution in [0.5, 0.6) is 0 Å². The first-order chi connectivity index (χ1) is 8.93. The molecule has 1 aliphatic rings. The molecule has 1 fully saturated rings. The second-order valence-electron chi connectivity index (χ2n) is 5.37. The highest BCUT2D eigenvalue weighted by atomic mass is 35.5. The third-order valence-corrected chi connectivity index (χ3v) is 3.95. The fourth-order valence-electron chi connectivity index (χ4n) is 2.39. The summed E-state index contributed by atoms with van der Waals surface area (Å²) in [5.41, 5.74) is 0.847. The van der Waals surface area contributed by atoms with Gasteiger partial charge in [-0.2, -0.15) is 0 Å². The van der Waals surface area contributed by atoms with Crippen LogP contribution in [0.3, 0.4) is 0 Å². The lowest BCUT2D eigenvalue weighted by Gasteiger charge is -2.05. The van der Waals surface area contributed by atoms with Gasteiger partial charge in [-0.05, 0) is 23.0 Å². The molecule has 0 bridgehead atoms. The van der Waals surface area contributed by atoms with Gasteiger partial charge < -0.3 is 4.74 Å². The monoisotopic (exact) mass is 298 g/mol. The summed E-state index contributed by atoms with van der Waals surface area (Å²) in [5.74, 6) is -0.297. The average molecular weight is 299 g/mol. The van der Waals surface area contributed by atoms with Gasteiger partial charge in [0.2, 0.25) is 0 Å². The lowest BCUT2D eigenvalue weighted by Crippen LogP contribution is -2.10. The van der Waals surface area contributed by atoms with Crippen molar-refractivity contribution in [3.8, 4) is 0 Å². The van der Waals surface area contributed by atoms with Crippen molar-refractivity contribution >= 4 is 29.2 Å². The molecule has 0 amide bonds. The van der Waals surface area contributed by atoms with Crippen molar-refractivity contribution in [3.05, 3.63) is 46.5 Å².